The van der Waals surface area contributed by atoms with E-state index >= 15 is 0 Å². The number of nitrogens with two attached hydrogens (primary N) is 1. The second kappa shape index (κ2) is 5.63. The minimum atomic E-state index is -0.183. The predicted octanol–water partition coefficient (Wildman–Crippen LogP) is 4.35. The van der Waals surface area contributed by atoms with Crippen LogP contribution in [0.1, 0.15) is 57.2 Å². The van der Waals surface area contributed by atoms with Crippen LogP contribution in [0.15, 0.2) is 18.2 Å². The molecule has 0 spiro atoms. The molecule has 1 unspecified atom stereocenters. The molecule has 0 aliphatic rings. The molecule has 0 fully saturated rings. The minimum absolute atomic E-state index is 0.182. The number of aryl methyl sites for hydroxylation is 1. The molecule has 1 nitrogen and oxygen atoms in total. The molecule has 1 aromatic carbocycles. The number of rotatable bonds is 4. The largest absolute Gasteiger partial charge is 0.324 e. The third-order valence-corrected chi connectivity index (χ3v) is 2.99. The first-order valence-electron chi connectivity index (χ1n) is 6.31. The summed E-state index contributed by atoms with van der Waals surface area (Å²) in [4.78, 5) is 0. The van der Waals surface area contributed by atoms with E-state index in [1.807, 2.05) is 13.0 Å². The highest BCUT2D eigenvalue weighted by molar-refractivity contribution is 5.26. The van der Waals surface area contributed by atoms with Gasteiger partial charge in [0.2, 0.25) is 0 Å². The highest BCUT2D eigenvalue weighted by Gasteiger charge is 2.14. The number of halogens is 1. The fourth-order valence-corrected chi connectivity index (χ4v) is 1.96. The first kappa shape index (κ1) is 14.2. The molecular formula is C15H24FN. The van der Waals surface area contributed by atoms with Crippen LogP contribution in [0.25, 0.3) is 0 Å². The minimum Gasteiger partial charge on any atom is -0.324 e. The summed E-state index contributed by atoms with van der Waals surface area (Å²) < 4.78 is 13.6. The van der Waals surface area contributed by atoms with Gasteiger partial charge in [0.05, 0.1) is 0 Å². The third kappa shape index (κ3) is 4.86. The first-order chi connectivity index (χ1) is 7.79. The van der Waals surface area contributed by atoms with Crippen LogP contribution in [0.5, 0.6) is 0 Å². The van der Waals surface area contributed by atoms with E-state index in [0.717, 1.165) is 24.8 Å². The van der Waals surface area contributed by atoms with Crippen LogP contribution in [0, 0.1) is 18.2 Å². The van der Waals surface area contributed by atoms with Crippen molar-refractivity contribution in [2.45, 2.75) is 53.0 Å². The van der Waals surface area contributed by atoms with Crippen LogP contribution in [-0.2, 0) is 0 Å². The molecular weight excluding hydrogens is 213 g/mol. The van der Waals surface area contributed by atoms with E-state index in [1.165, 1.54) is 6.07 Å². The van der Waals surface area contributed by atoms with Crippen molar-refractivity contribution in [3.05, 3.63) is 35.1 Å². The Morgan fingerprint density at radius 2 is 1.94 bits per heavy atom. The molecule has 1 atom stereocenters. The molecule has 0 radical (unpaired) electrons. The highest BCUT2D eigenvalue weighted by atomic mass is 19.1. The van der Waals surface area contributed by atoms with Gasteiger partial charge in [-0.25, -0.2) is 4.39 Å². The van der Waals surface area contributed by atoms with Gasteiger partial charge in [-0.1, -0.05) is 44.9 Å². The molecule has 96 valence electrons. The van der Waals surface area contributed by atoms with Crippen LogP contribution >= 0.6 is 0 Å². The van der Waals surface area contributed by atoms with E-state index in [1.54, 1.807) is 6.07 Å². The molecule has 0 saturated carbocycles. The zero-order valence-corrected chi connectivity index (χ0v) is 11.4. The second-order valence-corrected chi connectivity index (χ2v) is 6.08. The van der Waals surface area contributed by atoms with Crippen molar-refractivity contribution < 1.29 is 4.39 Å². The Balaban J connectivity index is 2.58. The van der Waals surface area contributed by atoms with Crippen molar-refractivity contribution in [1.82, 2.24) is 0 Å². The maximum Gasteiger partial charge on any atom is 0.127 e. The lowest BCUT2D eigenvalue weighted by Crippen LogP contribution is -2.14. The normalized spacial score (nSPS) is 13.8. The Bertz CT molecular complexity index is 366. The van der Waals surface area contributed by atoms with Gasteiger partial charge in [-0.2, -0.15) is 0 Å². The zero-order chi connectivity index (χ0) is 13.1. The van der Waals surface area contributed by atoms with E-state index in [-0.39, 0.29) is 11.9 Å². The van der Waals surface area contributed by atoms with Crippen LogP contribution in [-0.4, -0.2) is 0 Å². The lowest BCUT2D eigenvalue weighted by atomic mass is 9.88. The maximum absolute atomic E-state index is 13.6. The van der Waals surface area contributed by atoms with Crippen LogP contribution in [0.2, 0.25) is 0 Å². The maximum atomic E-state index is 13.6. The van der Waals surface area contributed by atoms with Gasteiger partial charge in [0.25, 0.3) is 0 Å². The molecule has 1 aromatic rings. The average molecular weight is 237 g/mol. The van der Waals surface area contributed by atoms with Crippen molar-refractivity contribution in [1.29, 1.82) is 0 Å². The molecule has 0 aliphatic carbocycles. The molecule has 2 heteroatoms. The van der Waals surface area contributed by atoms with E-state index < -0.39 is 0 Å². The fraction of sp³-hybridized carbons (Fsp3) is 0.600. The van der Waals surface area contributed by atoms with E-state index in [9.17, 15) is 4.39 Å². The van der Waals surface area contributed by atoms with Gasteiger partial charge in [-0.3, -0.25) is 0 Å². The van der Waals surface area contributed by atoms with Crippen LogP contribution in [0.3, 0.4) is 0 Å². The molecule has 0 bridgehead atoms. The highest BCUT2D eigenvalue weighted by Crippen LogP contribution is 2.26. The third-order valence-electron chi connectivity index (χ3n) is 2.99. The smallest absolute Gasteiger partial charge is 0.127 e. The Morgan fingerprint density at radius 1 is 1.29 bits per heavy atom. The van der Waals surface area contributed by atoms with E-state index in [2.05, 4.69) is 20.8 Å². The molecule has 2 N–H and O–H groups in total. The Labute approximate surface area is 104 Å². The molecule has 1 rings (SSSR count). The standard InChI is InChI=1S/C15H24FN/c1-11-7-8-13(16)12(10-11)14(17)6-5-9-15(2,3)4/h7-8,10,14H,5-6,9,17H2,1-4H3. The van der Waals surface area contributed by atoms with Crippen molar-refractivity contribution >= 4 is 0 Å². The van der Waals surface area contributed by atoms with Gasteiger partial charge >= 0.3 is 0 Å². The van der Waals surface area contributed by atoms with Crippen LogP contribution < -0.4 is 5.73 Å². The summed E-state index contributed by atoms with van der Waals surface area (Å²) in [5.74, 6) is -0.182. The summed E-state index contributed by atoms with van der Waals surface area (Å²) in [5, 5.41) is 0. The summed E-state index contributed by atoms with van der Waals surface area (Å²) in [6.45, 7) is 8.61. The quantitative estimate of drug-likeness (QED) is 0.827. The molecule has 0 amide bonds. The summed E-state index contributed by atoms with van der Waals surface area (Å²) in [6.07, 6.45) is 3.00. The van der Waals surface area contributed by atoms with E-state index in [4.69, 9.17) is 5.73 Å². The Kier molecular flexibility index (Phi) is 4.70. The molecule has 0 saturated heterocycles. The Morgan fingerprint density at radius 3 is 2.53 bits per heavy atom. The van der Waals surface area contributed by atoms with E-state index in [0.29, 0.717) is 11.0 Å². The zero-order valence-electron chi connectivity index (χ0n) is 11.4. The molecule has 0 aliphatic heterocycles. The summed E-state index contributed by atoms with van der Waals surface area (Å²) >= 11 is 0. The van der Waals surface area contributed by atoms with Crippen LogP contribution in [0.4, 0.5) is 4.39 Å². The van der Waals surface area contributed by atoms with Crippen molar-refractivity contribution in [2.24, 2.45) is 11.1 Å². The first-order valence-corrected chi connectivity index (χ1v) is 6.31. The van der Waals surface area contributed by atoms with Gasteiger partial charge in [0.15, 0.2) is 0 Å². The van der Waals surface area contributed by atoms with Crippen molar-refractivity contribution in [3.8, 4) is 0 Å². The molecule has 17 heavy (non-hydrogen) atoms. The lowest BCUT2D eigenvalue weighted by molar-refractivity contribution is 0.352. The Hall–Kier alpha value is -0.890. The van der Waals surface area contributed by atoms with Gasteiger partial charge in [0.1, 0.15) is 5.82 Å². The second-order valence-electron chi connectivity index (χ2n) is 6.08. The fourth-order valence-electron chi connectivity index (χ4n) is 1.96. The molecule has 0 heterocycles. The lowest BCUT2D eigenvalue weighted by Gasteiger charge is -2.20. The van der Waals surface area contributed by atoms with Gasteiger partial charge in [-0.05, 0) is 31.2 Å². The number of hydrogen-bond donors (Lipinski definition) is 1. The topological polar surface area (TPSA) is 26.0 Å². The monoisotopic (exact) mass is 237 g/mol. The summed E-state index contributed by atoms with van der Waals surface area (Å²) in [7, 11) is 0. The molecule has 0 aromatic heterocycles. The SMILES string of the molecule is Cc1ccc(F)c(C(N)CCCC(C)(C)C)c1. The number of hydrogen-bond acceptors (Lipinski definition) is 1. The number of benzene rings is 1. The van der Waals surface area contributed by atoms with Gasteiger partial charge in [-0.15, -0.1) is 0 Å². The summed E-state index contributed by atoms with van der Waals surface area (Å²) in [6, 6.07) is 4.96. The van der Waals surface area contributed by atoms with Gasteiger partial charge in [0, 0.05) is 11.6 Å². The average Bonchev–Trinajstić information content (AvgIpc) is 2.19. The van der Waals surface area contributed by atoms with Gasteiger partial charge < -0.3 is 5.73 Å². The van der Waals surface area contributed by atoms with Crippen molar-refractivity contribution in [2.75, 3.05) is 0 Å². The van der Waals surface area contributed by atoms with Crippen molar-refractivity contribution in [3.63, 3.8) is 0 Å². The summed E-state index contributed by atoms with van der Waals surface area (Å²) in [5.41, 5.74) is 8.09. The predicted molar refractivity (Wildman–Crippen MR) is 71.4 cm³/mol.